The topological polar surface area (TPSA) is 0 Å². The van der Waals surface area contributed by atoms with E-state index < -0.39 is 7.59 Å². The van der Waals surface area contributed by atoms with Gasteiger partial charge in [0.25, 0.3) is 0 Å². The van der Waals surface area contributed by atoms with Crippen molar-refractivity contribution in [3.8, 4) is 0 Å². The molecule has 0 aliphatic rings. The molecule has 0 aliphatic heterocycles. The molecule has 0 amide bonds. The molecule has 0 aromatic heterocycles. The molecule has 5 heteroatoms. The Morgan fingerprint density at radius 3 is 1.25 bits per heavy atom. The van der Waals surface area contributed by atoms with Crippen LogP contribution in [0.25, 0.3) is 0 Å². The predicted molar refractivity (Wildman–Crippen MR) is 47.0 cm³/mol. The van der Waals surface area contributed by atoms with Gasteiger partial charge in [0.05, 0.1) is 0 Å². The van der Waals surface area contributed by atoms with E-state index in [0.29, 0.717) is 0 Å². The summed E-state index contributed by atoms with van der Waals surface area (Å²) in [4.78, 5) is 0. The second-order valence-corrected chi connectivity index (χ2v) is 25.9. The van der Waals surface area contributed by atoms with Gasteiger partial charge in [0, 0.05) is 0 Å². The molecule has 0 aromatic rings. The van der Waals surface area contributed by atoms with Gasteiger partial charge < -0.3 is 30.6 Å². The zero-order chi connectivity index (χ0) is 6.08. The van der Waals surface area contributed by atoms with Crippen molar-refractivity contribution in [3.63, 3.8) is 0 Å². The monoisotopic (exact) mass is 266 g/mol. The Bertz CT molecular complexity index is 60.8. The largest absolute Gasteiger partial charge is 1.00 e. The molecule has 0 heterocycles. The third kappa shape index (κ3) is 6.12. The van der Waals surface area contributed by atoms with Crippen LogP contribution in [0.3, 0.4) is 0 Å². The Balaban J connectivity index is 0. The molecule has 0 bridgehead atoms. The smallest absolute Gasteiger partial charge is 0.342 e. The van der Waals surface area contributed by atoms with E-state index in [9.17, 15) is 0 Å². The first-order valence-electron chi connectivity index (χ1n) is 2.13. The molecule has 0 spiro atoms. The minimum atomic E-state index is -0.799. The Kier molecular flexibility index (Phi) is 7.51. The van der Waals surface area contributed by atoms with Crippen LogP contribution in [0.5, 0.6) is 0 Å². The molecule has 0 aliphatic carbocycles. The minimum Gasteiger partial charge on any atom is -0.342 e. The van der Waals surface area contributed by atoms with Crippen LogP contribution in [0.15, 0.2) is 0 Å². The van der Waals surface area contributed by atoms with E-state index in [2.05, 4.69) is 50.2 Å². The van der Waals surface area contributed by atoms with Crippen molar-refractivity contribution < 1.29 is 18.9 Å². The van der Waals surface area contributed by atoms with Gasteiger partial charge in [0.15, 0.2) is 0 Å². The summed E-state index contributed by atoms with van der Waals surface area (Å²) in [6, 6.07) is 0. The Hall–Kier alpha value is 1.99. The molecular weight excluding hydrogens is 259 g/mol. The molecule has 0 aromatic carbocycles. The van der Waals surface area contributed by atoms with E-state index in [-0.39, 0.29) is 24.4 Å². The Morgan fingerprint density at radius 1 is 1.12 bits per heavy atom. The molecule has 0 rings (SSSR count). The maximum absolute atomic E-state index is 3.58. The van der Waals surface area contributed by atoms with Gasteiger partial charge in [-0.3, -0.25) is 0 Å². The zero-order valence-electron chi connectivity index (χ0n) is 5.76. The second-order valence-electron chi connectivity index (χ2n) is 2.51. The van der Waals surface area contributed by atoms with Crippen molar-refractivity contribution in [2.75, 3.05) is 0 Å². The molecule has 0 saturated carbocycles. The van der Waals surface area contributed by atoms with Crippen molar-refractivity contribution >= 4 is 43.7 Å². The van der Waals surface area contributed by atoms with Crippen LogP contribution in [0, 0.1) is 0 Å². The minimum absolute atomic E-state index is 0. The fraction of sp³-hybridized carbons (Fsp3) is 1.00. The van der Waals surface area contributed by atoms with E-state index in [1.165, 1.54) is 0 Å². The van der Waals surface area contributed by atoms with Crippen LogP contribution < -0.4 is 18.9 Å². The van der Waals surface area contributed by atoms with Crippen LogP contribution in [0.2, 0.25) is 19.6 Å². The van der Waals surface area contributed by atoms with Gasteiger partial charge in [-0.25, -0.2) is 0 Å². The van der Waals surface area contributed by atoms with Gasteiger partial charge >= 0.3 is 18.9 Å². The maximum atomic E-state index is 3.58. The van der Waals surface area contributed by atoms with Gasteiger partial charge in [0.2, 0.25) is 0 Å². The van der Waals surface area contributed by atoms with E-state index in [1.54, 1.807) is 0 Å². The molecule has 0 saturated heterocycles. The van der Waals surface area contributed by atoms with Crippen molar-refractivity contribution in [1.29, 1.82) is 0 Å². The predicted octanol–water partition coefficient (Wildman–Crippen LogP) is -0.315. The molecule has 44 valence electrons. The van der Waals surface area contributed by atoms with Crippen molar-refractivity contribution in [2.24, 2.45) is 0 Å². The molecule has 0 unspecified atom stereocenters. The van der Waals surface area contributed by atoms with E-state index in [0.717, 1.165) is 0 Å². The fourth-order valence-electron chi connectivity index (χ4n) is 0. The van der Waals surface area contributed by atoms with Crippen LogP contribution in [-0.4, -0.2) is 13.1 Å². The van der Waals surface area contributed by atoms with Crippen LogP contribution in [0.4, 0.5) is 0 Å². The molecule has 0 atom stereocenters. The first kappa shape index (κ1) is 12.6. The zero-order valence-corrected chi connectivity index (χ0v) is 10.9. The summed E-state index contributed by atoms with van der Waals surface area (Å²) in [5, 5.41) is 0. The van der Waals surface area contributed by atoms with Crippen molar-refractivity contribution in [1.82, 2.24) is 0 Å². The molecule has 0 fully saturated rings. The Labute approximate surface area is 81.5 Å². The number of hydrogen-bond acceptors (Lipinski definition) is 0. The molecule has 0 nitrogen and oxygen atoms in total. The van der Waals surface area contributed by atoms with Crippen LogP contribution >= 0.6 is 30.6 Å². The summed E-state index contributed by atoms with van der Waals surface area (Å²) in [5.41, 5.74) is -0.286. The van der Waals surface area contributed by atoms with Crippen molar-refractivity contribution in [3.05, 3.63) is 0 Å². The first-order valence-corrected chi connectivity index (χ1v) is 12.6. The quantitative estimate of drug-likeness (QED) is 0.452. The molecule has 0 N–H and O–H groups in total. The number of hydrogen-bond donors (Lipinski definition) is 0. The fourth-order valence-corrected chi connectivity index (χ4v) is 0. The summed E-state index contributed by atoms with van der Waals surface area (Å²) in [6.45, 7) is 7.06. The summed E-state index contributed by atoms with van der Waals surface area (Å²) in [7, 11) is -0.799. The van der Waals surface area contributed by atoms with Gasteiger partial charge in [-0.15, -0.1) is 5.55 Å². The number of halogens is 2. The summed E-state index contributed by atoms with van der Waals surface area (Å²) < 4.78 is 0. The van der Waals surface area contributed by atoms with E-state index in [1.807, 2.05) is 0 Å². The average Bonchev–Trinajstić information content (AvgIpc) is 1.31. The summed E-state index contributed by atoms with van der Waals surface area (Å²) in [5.74, 6) is 0. The van der Waals surface area contributed by atoms with E-state index in [4.69, 9.17) is 0 Å². The standard InChI is InChI=1S/C3H9Br2Si2.Li/c1-7(2,3)6(4)5;/h1-3H3;/q-1;+1. The summed E-state index contributed by atoms with van der Waals surface area (Å²) >= 11 is 7.15. The molecule has 8 heavy (non-hydrogen) atoms. The SMILES string of the molecule is C[Si](C)(C)[Si-](Br)Br.[Li+]. The van der Waals surface area contributed by atoms with Gasteiger partial charge in [-0.1, -0.05) is 27.2 Å². The molecule has 0 radical (unpaired) electrons. The normalized spacial score (nSPS) is 11.2. The van der Waals surface area contributed by atoms with Gasteiger partial charge in [0.1, 0.15) is 0 Å². The second kappa shape index (κ2) is 4.75. The Morgan fingerprint density at radius 2 is 1.25 bits per heavy atom. The van der Waals surface area contributed by atoms with Gasteiger partial charge in [-0.2, -0.15) is 0 Å². The maximum Gasteiger partial charge on any atom is 1.00 e. The first-order chi connectivity index (χ1) is 2.94. The van der Waals surface area contributed by atoms with Gasteiger partial charge in [-0.05, 0) is 0 Å². The third-order valence-corrected chi connectivity index (χ3v) is 26.5. The van der Waals surface area contributed by atoms with Crippen LogP contribution in [0.1, 0.15) is 0 Å². The van der Waals surface area contributed by atoms with Crippen molar-refractivity contribution in [2.45, 2.75) is 19.6 Å². The summed E-state index contributed by atoms with van der Waals surface area (Å²) in [6.07, 6.45) is 0. The third-order valence-electron chi connectivity index (χ3n) is 0.567. The number of rotatable bonds is 1. The molecular formula is C3H9Br2LiSi2. The van der Waals surface area contributed by atoms with E-state index >= 15 is 0 Å². The van der Waals surface area contributed by atoms with Crippen LogP contribution in [-0.2, 0) is 0 Å². The average molecular weight is 268 g/mol.